The minimum atomic E-state index is -0.0929. The van der Waals surface area contributed by atoms with Crippen LogP contribution in [0.3, 0.4) is 0 Å². The van der Waals surface area contributed by atoms with E-state index >= 15 is 0 Å². The summed E-state index contributed by atoms with van der Waals surface area (Å²) in [4.78, 5) is 2.44. The number of likely N-dealkylation sites (tertiary alicyclic amines) is 1. The van der Waals surface area contributed by atoms with E-state index in [1.54, 1.807) is 6.07 Å². The molecular weight excluding hydrogens is 227 g/mol. The van der Waals surface area contributed by atoms with Crippen molar-refractivity contribution in [1.29, 1.82) is 0 Å². The van der Waals surface area contributed by atoms with Crippen molar-refractivity contribution in [2.45, 2.75) is 39.2 Å². The summed E-state index contributed by atoms with van der Waals surface area (Å²) >= 11 is 0. The number of halogens is 1. The molecule has 1 N–H and O–H groups in total. The predicted molar refractivity (Wildman–Crippen MR) is 74.5 cm³/mol. The molecule has 1 fully saturated rings. The summed E-state index contributed by atoms with van der Waals surface area (Å²) in [6.07, 6.45) is 3.27. The van der Waals surface area contributed by atoms with Crippen molar-refractivity contribution in [3.05, 3.63) is 29.6 Å². The molecular formula is C15H23FN2. The standard InChI is InChI=1S/C15H23FN2/c1-3-5-8-18-10-14(11-18)17-13-7-6-12(4-2)15(16)9-13/h6-7,9,14,17H,3-5,8,10-11H2,1-2H3. The number of hydrogen-bond donors (Lipinski definition) is 1. The van der Waals surface area contributed by atoms with Crippen LogP contribution in [0.2, 0.25) is 0 Å². The van der Waals surface area contributed by atoms with Crippen molar-refractivity contribution in [3.63, 3.8) is 0 Å². The molecule has 1 aliphatic heterocycles. The molecule has 1 aromatic carbocycles. The monoisotopic (exact) mass is 250 g/mol. The maximum atomic E-state index is 13.6. The molecule has 1 aromatic rings. The molecule has 0 aliphatic carbocycles. The molecule has 2 rings (SSSR count). The van der Waals surface area contributed by atoms with Gasteiger partial charge in [0.1, 0.15) is 5.82 Å². The van der Waals surface area contributed by atoms with Crippen molar-refractivity contribution in [3.8, 4) is 0 Å². The van der Waals surface area contributed by atoms with Gasteiger partial charge in [-0.1, -0.05) is 26.3 Å². The zero-order valence-corrected chi connectivity index (χ0v) is 11.4. The first-order chi connectivity index (χ1) is 8.72. The molecule has 1 heterocycles. The van der Waals surface area contributed by atoms with Gasteiger partial charge in [0.15, 0.2) is 0 Å². The van der Waals surface area contributed by atoms with Crippen LogP contribution < -0.4 is 5.32 Å². The second kappa shape index (κ2) is 6.19. The third kappa shape index (κ3) is 3.22. The summed E-state index contributed by atoms with van der Waals surface area (Å²) in [5.74, 6) is -0.0929. The Hall–Kier alpha value is -1.09. The molecule has 0 atom stereocenters. The van der Waals surface area contributed by atoms with Gasteiger partial charge in [-0.3, -0.25) is 4.90 Å². The Morgan fingerprint density at radius 2 is 2.11 bits per heavy atom. The molecule has 0 bridgehead atoms. The first kappa shape index (κ1) is 13.3. The Labute approximate surface area is 109 Å². The summed E-state index contributed by atoms with van der Waals surface area (Å²) in [6, 6.07) is 5.96. The zero-order chi connectivity index (χ0) is 13.0. The Balaban J connectivity index is 1.79. The van der Waals surface area contributed by atoms with Gasteiger partial charge in [0.2, 0.25) is 0 Å². The SMILES string of the molecule is CCCCN1CC(Nc2ccc(CC)c(F)c2)C1. The van der Waals surface area contributed by atoms with Crippen LogP contribution in [0.5, 0.6) is 0 Å². The van der Waals surface area contributed by atoms with Gasteiger partial charge in [-0.15, -0.1) is 0 Å². The first-order valence-corrected chi connectivity index (χ1v) is 7.00. The van der Waals surface area contributed by atoms with Crippen molar-refractivity contribution in [1.82, 2.24) is 4.90 Å². The van der Waals surface area contributed by atoms with Crippen molar-refractivity contribution in [2.24, 2.45) is 0 Å². The third-order valence-electron chi connectivity index (χ3n) is 3.59. The van der Waals surface area contributed by atoms with Crippen LogP contribution in [0, 0.1) is 5.82 Å². The molecule has 0 aromatic heterocycles. The Bertz CT molecular complexity index is 386. The second-order valence-electron chi connectivity index (χ2n) is 5.11. The van der Waals surface area contributed by atoms with E-state index in [4.69, 9.17) is 0 Å². The van der Waals surface area contributed by atoms with Crippen LogP contribution >= 0.6 is 0 Å². The van der Waals surface area contributed by atoms with Gasteiger partial charge < -0.3 is 5.32 Å². The van der Waals surface area contributed by atoms with Crippen LogP contribution in [-0.4, -0.2) is 30.6 Å². The number of anilines is 1. The third-order valence-corrected chi connectivity index (χ3v) is 3.59. The van der Waals surface area contributed by atoms with Crippen LogP contribution in [0.1, 0.15) is 32.3 Å². The molecule has 3 heteroatoms. The maximum absolute atomic E-state index is 13.6. The average molecular weight is 250 g/mol. The maximum Gasteiger partial charge on any atom is 0.128 e. The molecule has 2 nitrogen and oxygen atoms in total. The van der Waals surface area contributed by atoms with Crippen molar-refractivity contribution >= 4 is 5.69 Å². The van der Waals surface area contributed by atoms with E-state index < -0.39 is 0 Å². The fourth-order valence-corrected chi connectivity index (χ4v) is 2.38. The molecule has 0 amide bonds. The number of benzene rings is 1. The van der Waals surface area contributed by atoms with E-state index in [1.165, 1.54) is 19.4 Å². The minimum Gasteiger partial charge on any atom is -0.380 e. The molecule has 1 saturated heterocycles. The number of rotatable bonds is 6. The Morgan fingerprint density at radius 1 is 1.33 bits per heavy atom. The molecule has 0 saturated carbocycles. The highest BCUT2D eigenvalue weighted by Gasteiger charge is 2.25. The number of hydrogen-bond acceptors (Lipinski definition) is 2. The van der Waals surface area contributed by atoms with Crippen molar-refractivity contribution < 1.29 is 4.39 Å². The summed E-state index contributed by atoms with van der Waals surface area (Å²) in [6.45, 7) is 7.54. The molecule has 0 unspecified atom stereocenters. The van der Waals surface area contributed by atoms with E-state index in [0.29, 0.717) is 6.04 Å². The molecule has 1 aliphatic rings. The zero-order valence-electron chi connectivity index (χ0n) is 11.4. The highest BCUT2D eigenvalue weighted by molar-refractivity contribution is 5.46. The quantitative estimate of drug-likeness (QED) is 0.833. The Kier molecular flexibility index (Phi) is 4.59. The van der Waals surface area contributed by atoms with E-state index in [1.807, 2.05) is 19.1 Å². The van der Waals surface area contributed by atoms with E-state index in [0.717, 1.165) is 30.8 Å². The first-order valence-electron chi connectivity index (χ1n) is 7.00. The molecule has 18 heavy (non-hydrogen) atoms. The topological polar surface area (TPSA) is 15.3 Å². The number of nitrogens with one attached hydrogen (secondary N) is 1. The van der Waals surface area contributed by atoms with Crippen molar-refractivity contribution in [2.75, 3.05) is 25.0 Å². The normalized spacial score (nSPS) is 16.6. The van der Waals surface area contributed by atoms with E-state index in [2.05, 4.69) is 17.1 Å². The van der Waals surface area contributed by atoms with Gasteiger partial charge in [0.05, 0.1) is 6.04 Å². The lowest BCUT2D eigenvalue weighted by atomic mass is 10.1. The fourth-order valence-electron chi connectivity index (χ4n) is 2.38. The van der Waals surface area contributed by atoms with Crippen LogP contribution in [0.15, 0.2) is 18.2 Å². The van der Waals surface area contributed by atoms with Crippen LogP contribution in [0.4, 0.5) is 10.1 Å². The van der Waals surface area contributed by atoms with Gasteiger partial charge in [0.25, 0.3) is 0 Å². The number of nitrogens with zero attached hydrogens (tertiary/aromatic N) is 1. The molecule has 0 radical (unpaired) electrons. The van der Waals surface area contributed by atoms with E-state index in [-0.39, 0.29) is 5.82 Å². The average Bonchev–Trinajstić information content (AvgIpc) is 2.32. The summed E-state index contributed by atoms with van der Waals surface area (Å²) in [7, 11) is 0. The molecule has 100 valence electrons. The van der Waals surface area contributed by atoms with Gasteiger partial charge in [-0.25, -0.2) is 4.39 Å². The predicted octanol–water partition coefficient (Wildman–Crippen LogP) is 3.28. The summed E-state index contributed by atoms with van der Waals surface area (Å²) < 4.78 is 13.6. The largest absolute Gasteiger partial charge is 0.380 e. The lowest BCUT2D eigenvalue weighted by Crippen LogP contribution is -2.54. The summed E-state index contributed by atoms with van der Waals surface area (Å²) in [5, 5.41) is 3.40. The van der Waals surface area contributed by atoms with Gasteiger partial charge in [-0.2, -0.15) is 0 Å². The molecule has 0 spiro atoms. The lowest BCUT2D eigenvalue weighted by molar-refractivity contribution is 0.159. The Morgan fingerprint density at radius 3 is 2.72 bits per heavy atom. The second-order valence-corrected chi connectivity index (χ2v) is 5.11. The number of unbranched alkanes of at least 4 members (excludes halogenated alkanes) is 1. The summed E-state index contributed by atoms with van der Waals surface area (Å²) in [5.41, 5.74) is 1.70. The van der Waals surface area contributed by atoms with E-state index in [9.17, 15) is 4.39 Å². The van der Waals surface area contributed by atoms with Crippen LogP contribution in [-0.2, 0) is 6.42 Å². The van der Waals surface area contributed by atoms with Gasteiger partial charge in [0, 0.05) is 18.8 Å². The smallest absolute Gasteiger partial charge is 0.128 e. The highest BCUT2D eigenvalue weighted by Crippen LogP contribution is 2.19. The fraction of sp³-hybridized carbons (Fsp3) is 0.600. The van der Waals surface area contributed by atoms with Gasteiger partial charge in [-0.05, 0) is 37.1 Å². The van der Waals surface area contributed by atoms with Gasteiger partial charge >= 0.3 is 0 Å². The lowest BCUT2D eigenvalue weighted by Gasteiger charge is -2.40. The number of aryl methyl sites for hydroxylation is 1. The van der Waals surface area contributed by atoms with Crippen LogP contribution in [0.25, 0.3) is 0 Å². The highest BCUT2D eigenvalue weighted by atomic mass is 19.1. The minimum absolute atomic E-state index is 0.0929.